The van der Waals surface area contributed by atoms with E-state index < -0.39 is 10.0 Å². The van der Waals surface area contributed by atoms with Gasteiger partial charge in [0.15, 0.2) is 5.65 Å². The van der Waals surface area contributed by atoms with Crippen LogP contribution >= 0.6 is 0 Å². The number of aromatic nitrogens is 3. The number of hydrogen-bond acceptors (Lipinski definition) is 5. The Kier molecular flexibility index (Phi) is 4.47. The summed E-state index contributed by atoms with van der Waals surface area (Å²) in [4.78, 5) is 6.72. The number of benzene rings is 1. The topological polar surface area (TPSA) is 70.8 Å². The maximum Gasteiger partial charge on any atom is 0.248 e. The Morgan fingerprint density at radius 2 is 1.77 bits per heavy atom. The van der Waals surface area contributed by atoms with Crippen molar-refractivity contribution >= 4 is 15.7 Å². The van der Waals surface area contributed by atoms with Crippen molar-refractivity contribution in [2.24, 2.45) is 0 Å². The molecular weight excluding hydrogens is 350 g/mol. The number of sulfonamides is 1. The first-order valence-electron chi connectivity index (χ1n) is 8.62. The summed E-state index contributed by atoms with van der Waals surface area (Å²) in [6.45, 7) is 4.91. The van der Waals surface area contributed by atoms with Crippen LogP contribution in [0.1, 0.15) is 11.3 Å². The lowest BCUT2D eigenvalue weighted by molar-refractivity contribution is 0.181. The van der Waals surface area contributed by atoms with Gasteiger partial charge in [-0.15, -0.1) is 0 Å². The molecule has 2 aromatic heterocycles. The predicted octanol–water partition coefficient (Wildman–Crippen LogP) is 1.54. The molecule has 136 valence electrons. The minimum Gasteiger partial charge on any atom is -0.296 e. The van der Waals surface area contributed by atoms with Gasteiger partial charge in [0.2, 0.25) is 10.0 Å². The van der Waals surface area contributed by atoms with E-state index in [0.29, 0.717) is 37.5 Å². The standard InChI is InChI=1S/C18H21N5O2S/c1-15-17(18-19-8-5-9-23(18)20-15)26(24,25)22-12-10-21(11-13-22)14-16-6-3-2-4-7-16/h2-9H,10-14H2,1H3. The van der Waals surface area contributed by atoms with Gasteiger partial charge in [-0.1, -0.05) is 30.3 Å². The van der Waals surface area contributed by atoms with E-state index in [9.17, 15) is 8.42 Å². The lowest BCUT2D eigenvalue weighted by atomic mass is 10.2. The van der Waals surface area contributed by atoms with Crippen LogP contribution in [-0.4, -0.2) is 58.4 Å². The molecule has 1 aliphatic heterocycles. The zero-order valence-electron chi connectivity index (χ0n) is 14.6. The van der Waals surface area contributed by atoms with Crippen molar-refractivity contribution in [1.82, 2.24) is 23.8 Å². The fourth-order valence-electron chi connectivity index (χ4n) is 3.38. The van der Waals surface area contributed by atoms with Crippen molar-refractivity contribution in [2.75, 3.05) is 26.2 Å². The third-order valence-corrected chi connectivity index (χ3v) is 6.73. The Morgan fingerprint density at radius 3 is 2.50 bits per heavy atom. The van der Waals surface area contributed by atoms with Gasteiger partial charge in [-0.3, -0.25) is 4.90 Å². The second kappa shape index (κ2) is 6.79. The average molecular weight is 371 g/mol. The fourth-order valence-corrected chi connectivity index (χ4v) is 5.07. The maximum absolute atomic E-state index is 13.2. The molecule has 0 unspecified atom stereocenters. The molecule has 0 aliphatic carbocycles. The molecule has 1 saturated heterocycles. The number of aryl methyl sites for hydroxylation is 1. The second-order valence-electron chi connectivity index (χ2n) is 6.47. The van der Waals surface area contributed by atoms with Gasteiger partial charge in [0.25, 0.3) is 0 Å². The molecule has 7 nitrogen and oxygen atoms in total. The summed E-state index contributed by atoms with van der Waals surface area (Å²) >= 11 is 0. The van der Waals surface area contributed by atoms with Crippen LogP contribution in [-0.2, 0) is 16.6 Å². The smallest absolute Gasteiger partial charge is 0.248 e. The van der Waals surface area contributed by atoms with Gasteiger partial charge in [0, 0.05) is 45.1 Å². The largest absolute Gasteiger partial charge is 0.296 e. The molecule has 3 heterocycles. The molecule has 0 atom stereocenters. The third kappa shape index (κ3) is 3.11. The highest BCUT2D eigenvalue weighted by Crippen LogP contribution is 2.24. The van der Waals surface area contributed by atoms with Gasteiger partial charge in [0.1, 0.15) is 4.90 Å². The van der Waals surface area contributed by atoms with E-state index in [-0.39, 0.29) is 4.90 Å². The van der Waals surface area contributed by atoms with Crippen molar-refractivity contribution in [2.45, 2.75) is 18.4 Å². The quantitative estimate of drug-likeness (QED) is 0.696. The average Bonchev–Trinajstić information content (AvgIpc) is 2.99. The van der Waals surface area contributed by atoms with Crippen LogP contribution in [0, 0.1) is 6.92 Å². The van der Waals surface area contributed by atoms with Gasteiger partial charge >= 0.3 is 0 Å². The summed E-state index contributed by atoms with van der Waals surface area (Å²) in [6.07, 6.45) is 3.30. The molecule has 3 aromatic rings. The number of nitrogens with zero attached hydrogens (tertiary/aromatic N) is 5. The molecule has 0 spiro atoms. The highest BCUT2D eigenvalue weighted by Gasteiger charge is 2.33. The lowest BCUT2D eigenvalue weighted by Gasteiger charge is -2.33. The van der Waals surface area contributed by atoms with Gasteiger partial charge < -0.3 is 0 Å². The van der Waals surface area contributed by atoms with E-state index in [1.807, 2.05) is 18.2 Å². The Bertz CT molecular complexity index is 1010. The summed E-state index contributed by atoms with van der Waals surface area (Å²) in [5.41, 5.74) is 2.11. The summed E-state index contributed by atoms with van der Waals surface area (Å²) in [5, 5.41) is 4.28. The second-order valence-corrected chi connectivity index (χ2v) is 8.34. The monoisotopic (exact) mass is 371 g/mol. The zero-order chi connectivity index (χ0) is 18.1. The summed E-state index contributed by atoms with van der Waals surface area (Å²) < 4.78 is 29.4. The van der Waals surface area contributed by atoms with Gasteiger partial charge in [-0.2, -0.15) is 9.40 Å². The van der Waals surface area contributed by atoms with Crippen molar-refractivity contribution in [1.29, 1.82) is 0 Å². The van der Waals surface area contributed by atoms with E-state index in [1.165, 1.54) is 10.1 Å². The third-order valence-electron chi connectivity index (χ3n) is 4.69. The van der Waals surface area contributed by atoms with Crippen LogP contribution in [0.15, 0.2) is 53.7 Å². The molecule has 0 bridgehead atoms. The molecule has 1 aliphatic rings. The molecule has 0 saturated carbocycles. The molecule has 1 aromatic carbocycles. The van der Waals surface area contributed by atoms with Gasteiger partial charge in [-0.05, 0) is 18.6 Å². The fraction of sp³-hybridized carbons (Fsp3) is 0.333. The molecule has 8 heteroatoms. The summed E-state index contributed by atoms with van der Waals surface area (Å²) in [7, 11) is -3.61. The normalized spacial score (nSPS) is 17.0. The summed E-state index contributed by atoms with van der Waals surface area (Å²) in [6, 6.07) is 12.0. The first-order chi connectivity index (χ1) is 12.6. The Morgan fingerprint density at radius 1 is 1.04 bits per heavy atom. The van der Waals surface area contributed by atoms with Crippen LogP contribution in [0.2, 0.25) is 0 Å². The van der Waals surface area contributed by atoms with E-state index >= 15 is 0 Å². The highest BCUT2D eigenvalue weighted by molar-refractivity contribution is 7.89. The Balaban J connectivity index is 1.52. The maximum atomic E-state index is 13.2. The molecule has 26 heavy (non-hydrogen) atoms. The van der Waals surface area contributed by atoms with E-state index in [2.05, 4.69) is 27.1 Å². The van der Waals surface area contributed by atoms with Crippen LogP contribution < -0.4 is 0 Å². The molecule has 0 amide bonds. The Hall–Kier alpha value is -2.29. The molecule has 4 rings (SSSR count). The van der Waals surface area contributed by atoms with E-state index in [0.717, 1.165) is 6.54 Å². The van der Waals surface area contributed by atoms with E-state index in [4.69, 9.17) is 0 Å². The summed E-state index contributed by atoms with van der Waals surface area (Å²) in [5.74, 6) is 0. The van der Waals surface area contributed by atoms with Crippen molar-refractivity contribution < 1.29 is 8.42 Å². The minimum absolute atomic E-state index is 0.217. The van der Waals surface area contributed by atoms with Gasteiger partial charge in [0.05, 0.1) is 5.69 Å². The molecule has 1 fully saturated rings. The van der Waals surface area contributed by atoms with Crippen LogP contribution in [0.25, 0.3) is 5.65 Å². The van der Waals surface area contributed by atoms with Crippen LogP contribution in [0.5, 0.6) is 0 Å². The van der Waals surface area contributed by atoms with Crippen molar-refractivity contribution in [3.63, 3.8) is 0 Å². The van der Waals surface area contributed by atoms with Crippen molar-refractivity contribution in [3.05, 3.63) is 60.0 Å². The minimum atomic E-state index is -3.61. The first kappa shape index (κ1) is 17.1. The number of hydrogen-bond donors (Lipinski definition) is 0. The SMILES string of the molecule is Cc1nn2cccnc2c1S(=O)(=O)N1CCN(Cc2ccccc2)CC1. The zero-order valence-corrected chi connectivity index (χ0v) is 15.4. The number of rotatable bonds is 4. The van der Waals surface area contributed by atoms with Crippen LogP contribution in [0.3, 0.4) is 0 Å². The predicted molar refractivity (Wildman–Crippen MR) is 98.2 cm³/mol. The number of piperazine rings is 1. The van der Waals surface area contributed by atoms with Gasteiger partial charge in [-0.25, -0.2) is 17.9 Å². The van der Waals surface area contributed by atoms with Crippen LogP contribution in [0.4, 0.5) is 0 Å². The molecule has 0 N–H and O–H groups in total. The number of fused-ring (bicyclic) bond motifs is 1. The van der Waals surface area contributed by atoms with Crippen molar-refractivity contribution in [3.8, 4) is 0 Å². The lowest BCUT2D eigenvalue weighted by Crippen LogP contribution is -2.48. The Labute approximate surface area is 152 Å². The molecule has 0 radical (unpaired) electrons. The highest BCUT2D eigenvalue weighted by atomic mass is 32.2. The first-order valence-corrected chi connectivity index (χ1v) is 10.1. The van der Waals surface area contributed by atoms with E-state index in [1.54, 1.807) is 29.7 Å². The molecular formula is C18H21N5O2S.